The van der Waals surface area contributed by atoms with Crippen LogP contribution in [0, 0.1) is 0 Å². The lowest BCUT2D eigenvalue weighted by molar-refractivity contribution is 0.715. The number of rotatable bonds is 5. The number of nitrogens with one attached hydrogen (secondary N) is 1. The highest BCUT2D eigenvalue weighted by Gasteiger charge is 2.00. The molecule has 0 aliphatic heterocycles. The maximum atomic E-state index is 3.43. The van der Waals surface area contributed by atoms with Gasteiger partial charge in [-0.3, -0.25) is 0 Å². The molecule has 0 radical (unpaired) electrons. The zero-order valence-corrected chi connectivity index (χ0v) is 11.3. The maximum absolute atomic E-state index is 3.43. The first kappa shape index (κ1) is 12.3. The molecule has 0 spiro atoms. The van der Waals surface area contributed by atoms with Gasteiger partial charge in [0, 0.05) is 11.2 Å². The molecule has 0 aliphatic carbocycles. The quantitative estimate of drug-likeness (QED) is 0.774. The van der Waals surface area contributed by atoms with Crippen molar-refractivity contribution < 1.29 is 0 Å². The van der Waals surface area contributed by atoms with Crippen molar-refractivity contribution in [2.24, 2.45) is 0 Å². The molecule has 1 N–H and O–H groups in total. The topological polar surface area (TPSA) is 12.0 Å². The molecule has 0 saturated carbocycles. The lowest BCUT2D eigenvalue weighted by Gasteiger charge is -2.02. The van der Waals surface area contributed by atoms with Crippen LogP contribution < -0.4 is 5.32 Å². The summed E-state index contributed by atoms with van der Waals surface area (Å²) in [4.78, 5) is 0. The summed E-state index contributed by atoms with van der Waals surface area (Å²) >= 11 is 1.82. The standard InChI is InChI=1S/C15H19NS/c1-3-8-16-10-12(2)9-13-11-17-15-7-5-4-6-14(13)15/h4-7,9,11,16H,3,8,10H2,1-2H3. The Morgan fingerprint density at radius 2 is 2.18 bits per heavy atom. The molecule has 0 unspecified atom stereocenters. The fraction of sp³-hybridized carbons (Fsp3) is 0.333. The van der Waals surface area contributed by atoms with Crippen LogP contribution in [-0.4, -0.2) is 13.1 Å². The van der Waals surface area contributed by atoms with Crippen molar-refractivity contribution >= 4 is 27.5 Å². The summed E-state index contributed by atoms with van der Waals surface area (Å²) in [7, 11) is 0. The van der Waals surface area contributed by atoms with Gasteiger partial charge in [-0.05, 0) is 42.3 Å². The van der Waals surface area contributed by atoms with E-state index < -0.39 is 0 Å². The molecule has 2 aromatic rings. The SMILES string of the molecule is CCCNCC(C)=Cc1csc2ccccc12. The Morgan fingerprint density at radius 1 is 1.35 bits per heavy atom. The second kappa shape index (κ2) is 5.99. The Bertz CT molecular complexity index is 510. The highest BCUT2D eigenvalue weighted by Crippen LogP contribution is 2.27. The van der Waals surface area contributed by atoms with Crippen LogP contribution in [0.1, 0.15) is 25.8 Å². The lowest BCUT2D eigenvalue weighted by atomic mass is 10.1. The van der Waals surface area contributed by atoms with Crippen LogP contribution in [-0.2, 0) is 0 Å². The van der Waals surface area contributed by atoms with Crippen molar-refractivity contribution in [2.45, 2.75) is 20.3 Å². The monoisotopic (exact) mass is 245 g/mol. The van der Waals surface area contributed by atoms with Gasteiger partial charge in [0.25, 0.3) is 0 Å². The van der Waals surface area contributed by atoms with Crippen LogP contribution in [0.3, 0.4) is 0 Å². The highest BCUT2D eigenvalue weighted by atomic mass is 32.1. The van der Waals surface area contributed by atoms with Gasteiger partial charge in [-0.1, -0.05) is 36.8 Å². The first-order chi connectivity index (χ1) is 8.31. The summed E-state index contributed by atoms with van der Waals surface area (Å²) in [6.45, 7) is 6.46. The molecule has 0 aliphatic rings. The minimum absolute atomic E-state index is 0.984. The van der Waals surface area contributed by atoms with Crippen molar-refractivity contribution in [3.63, 3.8) is 0 Å². The molecule has 0 atom stereocenters. The van der Waals surface area contributed by atoms with Crippen LogP contribution in [0.25, 0.3) is 16.2 Å². The number of thiophene rings is 1. The molecule has 1 aromatic carbocycles. The van der Waals surface area contributed by atoms with Gasteiger partial charge < -0.3 is 5.32 Å². The second-order valence-electron chi connectivity index (χ2n) is 4.35. The largest absolute Gasteiger partial charge is 0.313 e. The van der Waals surface area contributed by atoms with E-state index >= 15 is 0 Å². The number of benzene rings is 1. The molecule has 1 aromatic heterocycles. The zero-order chi connectivity index (χ0) is 12.1. The van der Waals surface area contributed by atoms with Crippen molar-refractivity contribution in [2.75, 3.05) is 13.1 Å². The van der Waals surface area contributed by atoms with Crippen LogP contribution in [0.2, 0.25) is 0 Å². The van der Waals surface area contributed by atoms with E-state index in [1.807, 2.05) is 11.3 Å². The fourth-order valence-corrected chi connectivity index (χ4v) is 2.81. The summed E-state index contributed by atoms with van der Waals surface area (Å²) in [6, 6.07) is 8.59. The first-order valence-corrected chi connectivity index (χ1v) is 7.03. The molecular formula is C15H19NS. The minimum atomic E-state index is 0.984. The summed E-state index contributed by atoms with van der Waals surface area (Å²) in [5.41, 5.74) is 2.74. The second-order valence-corrected chi connectivity index (χ2v) is 5.27. The smallest absolute Gasteiger partial charge is 0.0348 e. The Labute approximate surface area is 107 Å². The molecule has 17 heavy (non-hydrogen) atoms. The number of fused-ring (bicyclic) bond motifs is 1. The van der Waals surface area contributed by atoms with Crippen molar-refractivity contribution in [1.29, 1.82) is 0 Å². The van der Waals surface area contributed by atoms with Gasteiger partial charge in [0.1, 0.15) is 0 Å². The Hall–Kier alpha value is -1.12. The summed E-state index contributed by atoms with van der Waals surface area (Å²) in [5, 5.41) is 7.04. The molecule has 0 amide bonds. The molecule has 0 saturated heterocycles. The predicted octanol–water partition coefficient (Wildman–Crippen LogP) is 4.30. The molecule has 2 rings (SSSR count). The molecular weight excluding hydrogens is 226 g/mol. The van der Waals surface area contributed by atoms with E-state index in [9.17, 15) is 0 Å². The number of hydrogen-bond acceptors (Lipinski definition) is 2. The normalized spacial score (nSPS) is 12.2. The lowest BCUT2D eigenvalue weighted by Crippen LogP contribution is -2.16. The summed E-state index contributed by atoms with van der Waals surface area (Å²) in [5.74, 6) is 0. The van der Waals surface area contributed by atoms with Gasteiger partial charge >= 0.3 is 0 Å². The van der Waals surface area contributed by atoms with Gasteiger partial charge in [-0.2, -0.15) is 0 Å². The van der Waals surface area contributed by atoms with Gasteiger partial charge in [-0.25, -0.2) is 0 Å². The fourth-order valence-electron chi connectivity index (χ4n) is 1.89. The van der Waals surface area contributed by atoms with Crippen LogP contribution in [0.4, 0.5) is 0 Å². The van der Waals surface area contributed by atoms with Gasteiger partial charge in [-0.15, -0.1) is 11.3 Å². The van der Waals surface area contributed by atoms with Crippen LogP contribution >= 0.6 is 11.3 Å². The molecule has 1 nitrogen and oxygen atoms in total. The highest BCUT2D eigenvalue weighted by molar-refractivity contribution is 7.17. The zero-order valence-electron chi connectivity index (χ0n) is 10.5. The molecule has 0 bridgehead atoms. The van der Waals surface area contributed by atoms with Gasteiger partial charge in [0.2, 0.25) is 0 Å². The Kier molecular flexibility index (Phi) is 4.35. The maximum Gasteiger partial charge on any atom is 0.0348 e. The van der Waals surface area contributed by atoms with E-state index in [0.717, 1.165) is 13.1 Å². The first-order valence-electron chi connectivity index (χ1n) is 6.15. The molecule has 1 heterocycles. The van der Waals surface area contributed by atoms with Crippen LogP contribution in [0.15, 0.2) is 35.2 Å². The summed E-state index contributed by atoms with van der Waals surface area (Å²) < 4.78 is 1.37. The third-order valence-electron chi connectivity index (χ3n) is 2.74. The van der Waals surface area contributed by atoms with E-state index in [1.54, 1.807) is 0 Å². The van der Waals surface area contributed by atoms with E-state index in [1.165, 1.54) is 27.6 Å². The Morgan fingerprint density at radius 3 is 3.00 bits per heavy atom. The van der Waals surface area contributed by atoms with E-state index in [2.05, 4.69) is 54.9 Å². The predicted molar refractivity (Wildman–Crippen MR) is 78.6 cm³/mol. The van der Waals surface area contributed by atoms with Gasteiger partial charge in [0.05, 0.1) is 0 Å². The van der Waals surface area contributed by atoms with Crippen molar-refractivity contribution in [3.8, 4) is 0 Å². The average Bonchev–Trinajstić information content (AvgIpc) is 2.73. The minimum Gasteiger partial charge on any atom is -0.313 e. The molecule has 90 valence electrons. The van der Waals surface area contributed by atoms with Crippen molar-refractivity contribution in [1.82, 2.24) is 5.32 Å². The molecule has 0 fully saturated rings. The Balaban J connectivity index is 2.14. The van der Waals surface area contributed by atoms with E-state index in [0.29, 0.717) is 0 Å². The van der Waals surface area contributed by atoms with Crippen molar-refractivity contribution in [3.05, 3.63) is 40.8 Å². The van der Waals surface area contributed by atoms with Gasteiger partial charge in [0.15, 0.2) is 0 Å². The third kappa shape index (κ3) is 3.18. The third-order valence-corrected chi connectivity index (χ3v) is 3.73. The van der Waals surface area contributed by atoms with E-state index in [-0.39, 0.29) is 0 Å². The van der Waals surface area contributed by atoms with E-state index in [4.69, 9.17) is 0 Å². The molecule has 2 heteroatoms. The number of hydrogen-bond donors (Lipinski definition) is 1. The summed E-state index contributed by atoms with van der Waals surface area (Å²) in [6.07, 6.45) is 3.48. The average molecular weight is 245 g/mol. The van der Waals surface area contributed by atoms with Crippen LogP contribution in [0.5, 0.6) is 0 Å².